The van der Waals surface area contributed by atoms with Gasteiger partial charge in [0.1, 0.15) is 5.00 Å². The maximum absolute atomic E-state index is 11.6. The van der Waals surface area contributed by atoms with Gasteiger partial charge in [0.25, 0.3) is 5.91 Å². The summed E-state index contributed by atoms with van der Waals surface area (Å²) < 4.78 is 4.48. The summed E-state index contributed by atoms with van der Waals surface area (Å²) in [5.41, 5.74) is 0. The van der Waals surface area contributed by atoms with Crippen LogP contribution in [0, 0.1) is 0 Å². The van der Waals surface area contributed by atoms with E-state index in [2.05, 4.69) is 36.2 Å². The zero-order valence-electron chi connectivity index (χ0n) is 8.84. The largest absolute Gasteiger partial charge is 0.342 e. The first-order chi connectivity index (χ1) is 8.65. The maximum Gasteiger partial charge on any atom is 0.261 e. The molecule has 0 unspecified atom stereocenters. The molecule has 2 heterocycles. The fourth-order valence-electron chi connectivity index (χ4n) is 1.09. The van der Waals surface area contributed by atoms with Gasteiger partial charge in [-0.3, -0.25) is 9.59 Å². The van der Waals surface area contributed by atoms with Crippen LogP contribution in [0.1, 0.15) is 9.67 Å². The Bertz CT molecular complexity index is 555. The molecule has 0 bridgehead atoms. The predicted octanol–water partition coefficient (Wildman–Crippen LogP) is 1.73. The Balaban J connectivity index is 1.81. The van der Waals surface area contributed by atoms with Gasteiger partial charge in [0.2, 0.25) is 5.91 Å². The number of nitrogens with one attached hydrogen (secondary N) is 2. The van der Waals surface area contributed by atoms with Gasteiger partial charge in [-0.2, -0.15) is 0 Å². The van der Waals surface area contributed by atoms with E-state index in [9.17, 15) is 9.59 Å². The van der Waals surface area contributed by atoms with Crippen LogP contribution in [-0.2, 0) is 4.79 Å². The average molecular weight is 347 g/mol. The van der Waals surface area contributed by atoms with Crippen LogP contribution in [0.3, 0.4) is 0 Å². The van der Waals surface area contributed by atoms with Crippen molar-refractivity contribution in [3.63, 3.8) is 0 Å². The molecule has 0 aliphatic rings. The molecule has 0 saturated heterocycles. The molecule has 0 radical (unpaired) electrons. The predicted molar refractivity (Wildman–Crippen MR) is 72.9 cm³/mol. The van der Waals surface area contributed by atoms with Gasteiger partial charge in [0.15, 0.2) is 0 Å². The van der Waals surface area contributed by atoms with Crippen molar-refractivity contribution in [3.05, 3.63) is 27.0 Å². The molecule has 2 N–H and O–H groups in total. The lowest BCUT2D eigenvalue weighted by atomic mass is 10.4. The third-order valence-corrected chi connectivity index (χ3v) is 4.03. The second-order valence-corrected chi connectivity index (χ2v) is 6.37. The molecule has 0 spiro atoms. The first kappa shape index (κ1) is 13.1. The van der Waals surface area contributed by atoms with Crippen molar-refractivity contribution in [1.82, 2.24) is 14.9 Å². The first-order valence-corrected chi connectivity index (χ1v) is 7.14. The summed E-state index contributed by atoms with van der Waals surface area (Å²) in [6.07, 6.45) is 1.45. The molecule has 0 aromatic carbocycles. The highest BCUT2D eigenvalue weighted by molar-refractivity contribution is 9.11. The number of thiophene rings is 1. The molecule has 2 rings (SSSR count). The normalized spacial score (nSPS) is 10.1. The van der Waals surface area contributed by atoms with E-state index in [1.807, 2.05) is 0 Å². The molecule has 9 heteroatoms. The molecule has 18 heavy (non-hydrogen) atoms. The van der Waals surface area contributed by atoms with Crippen molar-refractivity contribution in [2.75, 3.05) is 11.9 Å². The summed E-state index contributed by atoms with van der Waals surface area (Å²) in [5, 5.41) is 9.23. The van der Waals surface area contributed by atoms with Gasteiger partial charge in [-0.05, 0) is 28.1 Å². The Labute approximate surface area is 119 Å². The van der Waals surface area contributed by atoms with Gasteiger partial charge in [-0.1, -0.05) is 4.49 Å². The van der Waals surface area contributed by atoms with E-state index in [4.69, 9.17) is 0 Å². The topological polar surface area (TPSA) is 84.0 Å². The monoisotopic (exact) mass is 346 g/mol. The fourth-order valence-corrected chi connectivity index (χ4v) is 2.83. The molecular weight excluding hydrogens is 340 g/mol. The molecular formula is C9H7BrN4O2S2. The van der Waals surface area contributed by atoms with Crippen LogP contribution in [0.25, 0.3) is 0 Å². The molecule has 0 atom stereocenters. The summed E-state index contributed by atoms with van der Waals surface area (Å²) in [7, 11) is 0. The number of halogens is 1. The minimum atomic E-state index is -0.315. The van der Waals surface area contributed by atoms with Gasteiger partial charge in [0, 0.05) is 11.5 Å². The minimum absolute atomic E-state index is 0.0910. The number of carbonyl (C=O) groups is 2. The maximum atomic E-state index is 11.6. The molecule has 94 valence electrons. The third kappa shape index (κ3) is 3.59. The lowest BCUT2D eigenvalue weighted by Crippen LogP contribution is -2.32. The minimum Gasteiger partial charge on any atom is -0.342 e. The Morgan fingerprint density at radius 2 is 2.22 bits per heavy atom. The molecule has 0 aliphatic carbocycles. The lowest BCUT2D eigenvalue weighted by molar-refractivity contribution is -0.115. The third-order valence-electron chi connectivity index (χ3n) is 1.83. The molecule has 0 saturated carbocycles. The molecule has 2 aromatic heterocycles. The Morgan fingerprint density at radius 1 is 1.39 bits per heavy atom. The molecule has 2 aromatic rings. The van der Waals surface area contributed by atoms with E-state index in [1.165, 1.54) is 17.5 Å². The number of aromatic nitrogens is 2. The quantitative estimate of drug-likeness (QED) is 0.882. The van der Waals surface area contributed by atoms with Crippen LogP contribution in [0.15, 0.2) is 22.1 Å². The summed E-state index contributed by atoms with van der Waals surface area (Å²) in [6.45, 7) is -0.0910. The van der Waals surface area contributed by atoms with Crippen molar-refractivity contribution in [1.29, 1.82) is 0 Å². The van der Waals surface area contributed by atoms with Gasteiger partial charge < -0.3 is 10.6 Å². The van der Waals surface area contributed by atoms with Crippen molar-refractivity contribution in [3.8, 4) is 0 Å². The summed E-state index contributed by atoms with van der Waals surface area (Å²) in [6, 6.07) is 3.47. The second-order valence-electron chi connectivity index (χ2n) is 3.12. The average Bonchev–Trinajstić information content (AvgIpc) is 2.97. The number of hydrogen-bond acceptors (Lipinski definition) is 6. The highest BCUT2D eigenvalue weighted by Gasteiger charge is 2.10. The molecule has 0 fully saturated rings. The van der Waals surface area contributed by atoms with Crippen LogP contribution >= 0.6 is 38.8 Å². The standard InChI is InChI=1S/C9H7BrN4O2S2/c10-6-2-1-5(17-6)9(16)11-3-7(15)13-8-4-12-14-18-8/h1-2,4H,3H2,(H,11,16)(H,13,15). The van der Waals surface area contributed by atoms with Gasteiger partial charge in [-0.25, -0.2) is 0 Å². The van der Waals surface area contributed by atoms with E-state index in [0.717, 1.165) is 15.3 Å². The summed E-state index contributed by atoms with van der Waals surface area (Å²) in [5.74, 6) is -0.590. The van der Waals surface area contributed by atoms with Gasteiger partial charge >= 0.3 is 0 Å². The molecule has 2 amide bonds. The highest BCUT2D eigenvalue weighted by Crippen LogP contribution is 2.21. The number of carbonyl (C=O) groups excluding carboxylic acids is 2. The SMILES string of the molecule is O=C(CNC(=O)c1ccc(Br)s1)Nc1cnns1. The van der Waals surface area contributed by atoms with Crippen LogP contribution in [0.5, 0.6) is 0 Å². The Morgan fingerprint density at radius 3 is 2.83 bits per heavy atom. The van der Waals surface area contributed by atoms with Crippen LogP contribution in [-0.4, -0.2) is 27.9 Å². The van der Waals surface area contributed by atoms with E-state index < -0.39 is 0 Å². The smallest absolute Gasteiger partial charge is 0.261 e. The summed E-state index contributed by atoms with van der Waals surface area (Å²) >= 11 is 5.65. The zero-order valence-corrected chi connectivity index (χ0v) is 12.1. The number of anilines is 1. The second kappa shape index (κ2) is 6.03. The molecule has 0 aliphatic heterocycles. The van der Waals surface area contributed by atoms with Gasteiger partial charge in [0.05, 0.1) is 21.4 Å². The van der Waals surface area contributed by atoms with Crippen molar-refractivity contribution >= 4 is 55.6 Å². The Hall–Kier alpha value is -1.32. The number of amides is 2. The highest BCUT2D eigenvalue weighted by atomic mass is 79.9. The van der Waals surface area contributed by atoms with Crippen molar-refractivity contribution in [2.45, 2.75) is 0 Å². The van der Waals surface area contributed by atoms with Crippen molar-refractivity contribution < 1.29 is 9.59 Å². The van der Waals surface area contributed by atoms with Crippen LogP contribution in [0.2, 0.25) is 0 Å². The Kier molecular flexibility index (Phi) is 4.39. The molecule has 6 nitrogen and oxygen atoms in total. The number of nitrogens with zero attached hydrogens (tertiary/aromatic N) is 2. The van der Waals surface area contributed by atoms with E-state index in [-0.39, 0.29) is 18.4 Å². The zero-order chi connectivity index (χ0) is 13.0. The number of rotatable bonds is 4. The fraction of sp³-hybridized carbons (Fsp3) is 0.111. The van der Waals surface area contributed by atoms with Crippen molar-refractivity contribution in [2.24, 2.45) is 0 Å². The van der Waals surface area contributed by atoms with Gasteiger partial charge in [-0.15, -0.1) is 16.4 Å². The van der Waals surface area contributed by atoms with E-state index >= 15 is 0 Å². The van der Waals surface area contributed by atoms with E-state index in [1.54, 1.807) is 12.1 Å². The van der Waals surface area contributed by atoms with Crippen LogP contribution < -0.4 is 10.6 Å². The number of hydrogen-bond donors (Lipinski definition) is 2. The first-order valence-electron chi connectivity index (χ1n) is 4.76. The summed E-state index contributed by atoms with van der Waals surface area (Å²) in [4.78, 5) is 23.7. The van der Waals surface area contributed by atoms with E-state index in [0.29, 0.717) is 9.88 Å². The van der Waals surface area contributed by atoms with Crippen LogP contribution in [0.4, 0.5) is 5.00 Å². The lowest BCUT2D eigenvalue weighted by Gasteiger charge is -2.03.